The molecule has 2 heteroatoms. The van der Waals surface area contributed by atoms with E-state index in [2.05, 4.69) is 76.2 Å². The molecule has 4 aromatic carbocycles. The van der Waals surface area contributed by atoms with Gasteiger partial charge in [-0.15, -0.1) is 0 Å². The third kappa shape index (κ3) is 4.53. The van der Waals surface area contributed by atoms with E-state index < -0.39 is 0 Å². The van der Waals surface area contributed by atoms with Gasteiger partial charge in [-0.25, -0.2) is 0 Å². The lowest BCUT2D eigenvalue weighted by atomic mass is 9.62. The molecule has 0 aromatic heterocycles. The van der Waals surface area contributed by atoms with Gasteiger partial charge in [-0.1, -0.05) is 90.0 Å². The van der Waals surface area contributed by atoms with Crippen molar-refractivity contribution >= 4 is 0 Å². The summed E-state index contributed by atoms with van der Waals surface area (Å²) < 4.78 is 0. The minimum Gasteiger partial charge on any atom is -0.508 e. The fourth-order valence-corrected chi connectivity index (χ4v) is 6.48. The van der Waals surface area contributed by atoms with Crippen LogP contribution in [0.15, 0.2) is 72.8 Å². The fourth-order valence-electron chi connectivity index (χ4n) is 6.48. The van der Waals surface area contributed by atoms with E-state index in [-0.39, 0.29) is 5.41 Å². The van der Waals surface area contributed by atoms with Crippen molar-refractivity contribution in [2.75, 3.05) is 0 Å². The number of phenols is 2. The van der Waals surface area contributed by atoms with E-state index in [4.69, 9.17) is 0 Å². The highest BCUT2D eigenvalue weighted by molar-refractivity contribution is 5.77. The summed E-state index contributed by atoms with van der Waals surface area (Å²) in [7, 11) is 0. The molecule has 0 bridgehead atoms. The summed E-state index contributed by atoms with van der Waals surface area (Å²) >= 11 is 0. The van der Waals surface area contributed by atoms with Crippen molar-refractivity contribution in [3.05, 3.63) is 106 Å². The van der Waals surface area contributed by atoms with Crippen LogP contribution in [0.5, 0.6) is 11.5 Å². The maximum atomic E-state index is 10.6. The van der Waals surface area contributed by atoms with Gasteiger partial charge in [0.25, 0.3) is 0 Å². The van der Waals surface area contributed by atoms with Gasteiger partial charge in [-0.3, -0.25) is 0 Å². The SMILES string of the molecule is Cc1cc(C)cc(-c2cc(O)ccc2C2(c3ccc(O)cc3-c3cc(C)cc(C)c3)CCCCC2)c1. The molecule has 0 saturated heterocycles. The summed E-state index contributed by atoms with van der Waals surface area (Å²) in [5.74, 6) is 0.582. The van der Waals surface area contributed by atoms with Gasteiger partial charge in [0.05, 0.1) is 0 Å². The van der Waals surface area contributed by atoms with Crippen molar-refractivity contribution in [3.63, 3.8) is 0 Å². The Labute approximate surface area is 215 Å². The molecule has 5 rings (SSSR count). The number of aromatic hydroxyl groups is 2. The molecule has 0 aliphatic heterocycles. The first kappa shape index (κ1) is 24.2. The standard InChI is InChI=1S/C34H36O2/c1-22-14-23(2)17-26(16-22)30-20-28(35)8-10-32(30)34(12-6-5-7-13-34)33-11-9-29(36)21-31(33)27-18-24(3)15-25(4)19-27/h8-11,14-21,35-36H,5-7,12-13H2,1-4H3. The molecule has 2 nitrogen and oxygen atoms in total. The number of rotatable bonds is 4. The third-order valence-corrected chi connectivity index (χ3v) is 7.81. The molecule has 4 aromatic rings. The number of hydrogen-bond donors (Lipinski definition) is 2. The van der Waals surface area contributed by atoms with Gasteiger partial charge in [-0.05, 0) is 98.2 Å². The zero-order chi connectivity index (χ0) is 25.4. The van der Waals surface area contributed by atoms with Crippen LogP contribution in [0.4, 0.5) is 0 Å². The Morgan fingerprint density at radius 1 is 0.500 bits per heavy atom. The van der Waals surface area contributed by atoms with Crippen molar-refractivity contribution in [1.29, 1.82) is 0 Å². The van der Waals surface area contributed by atoms with E-state index in [9.17, 15) is 10.2 Å². The lowest BCUT2D eigenvalue weighted by molar-refractivity contribution is 0.346. The first-order valence-electron chi connectivity index (χ1n) is 13.1. The summed E-state index contributed by atoms with van der Waals surface area (Å²) in [4.78, 5) is 0. The zero-order valence-electron chi connectivity index (χ0n) is 21.9. The Morgan fingerprint density at radius 3 is 1.28 bits per heavy atom. The molecule has 1 aliphatic carbocycles. The molecule has 1 aliphatic rings. The van der Waals surface area contributed by atoms with Gasteiger partial charge in [-0.2, -0.15) is 0 Å². The first-order chi connectivity index (χ1) is 17.2. The molecule has 2 N–H and O–H groups in total. The van der Waals surface area contributed by atoms with Crippen LogP contribution in [-0.4, -0.2) is 10.2 Å². The Kier molecular flexibility index (Phi) is 6.38. The van der Waals surface area contributed by atoms with Crippen LogP contribution >= 0.6 is 0 Å². The Hall–Kier alpha value is -3.52. The van der Waals surface area contributed by atoms with Gasteiger partial charge in [0.15, 0.2) is 0 Å². The number of hydrogen-bond acceptors (Lipinski definition) is 2. The van der Waals surface area contributed by atoms with Crippen molar-refractivity contribution in [2.24, 2.45) is 0 Å². The summed E-state index contributed by atoms with van der Waals surface area (Å²) in [6.45, 7) is 8.53. The second-order valence-corrected chi connectivity index (χ2v) is 10.9. The molecule has 1 fully saturated rings. The highest BCUT2D eigenvalue weighted by Crippen LogP contribution is 2.52. The lowest BCUT2D eigenvalue weighted by Gasteiger charge is -2.41. The highest BCUT2D eigenvalue weighted by Gasteiger charge is 2.39. The minimum atomic E-state index is -0.209. The summed E-state index contributed by atoms with van der Waals surface area (Å²) in [5, 5.41) is 21.2. The van der Waals surface area contributed by atoms with Crippen molar-refractivity contribution < 1.29 is 10.2 Å². The second kappa shape index (κ2) is 9.50. The smallest absolute Gasteiger partial charge is 0.116 e. The van der Waals surface area contributed by atoms with Crippen LogP contribution in [0, 0.1) is 27.7 Å². The average molecular weight is 477 g/mol. The zero-order valence-corrected chi connectivity index (χ0v) is 21.9. The molecular weight excluding hydrogens is 440 g/mol. The third-order valence-electron chi connectivity index (χ3n) is 7.81. The summed E-state index contributed by atoms with van der Waals surface area (Å²) in [5.41, 5.74) is 11.7. The van der Waals surface area contributed by atoms with E-state index in [1.807, 2.05) is 24.3 Å². The van der Waals surface area contributed by atoms with Gasteiger partial charge in [0.2, 0.25) is 0 Å². The van der Waals surface area contributed by atoms with Crippen LogP contribution in [0.2, 0.25) is 0 Å². The largest absolute Gasteiger partial charge is 0.508 e. The second-order valence-electron chi connectivity index (χ2n) is 10.9. The molecule has 1 saturated carbocycles. The Morgan fingerprint density at radius 2 is 0.889 bits per heavy atom. The van der Waals surface area contributed by atoms with Crippen molar-refractivity contribution in [1.82, 2.24) is 0 Å². The maximum absolute atomic E-state index is 10.6. The van der Waals surface area contributed by atoms with Crippen LogP contribution < -0.4 is 0 Å². The Bertz CT molecular complexity index is 1280. The molecule has 184 valence electrons. The number of benzene rings is 4. The summed E-state index contributed by atoms with van der Waals surface area (Å²) in [6, 6.07) is 25.1. The fraction of sp³-hybridized carbons (Fsp3) is 0.294. The van der Waals surface area contributed by atoms with Gasteiger partial charge < -0.3 is 10.2 Å². The van der Waals surface area contributed by atoms with E-state index in [0.717, 1.165) is 47.9 Å². The predicted octanol–water partition coefficient (Wildman–Crippen LogP) is 8.92. The van der Waals surface area contributed by atoms with Crippen molar-refractivity contribution in [3.8, 4) is 33.8 Å². The lowest BCUT2D eigenvalue weighted by Crippen LogP contribution is -2.32. The van der Waals surface area contributed by atoms with Gasteiger partial charge in [0.1, 0.15) is 11.5 Å². The molecule has 0 atom stereocenters. The van der Waals surface area contributed by atoms with Crippen LogP contribution in [-0.2, 0) is 5.41 Å². The average Bonchev–Trinajstić information content (AvgIpc) is 2.83. The molecule has 36 heavy (non-hydrogen) atoms. The Balaban J connectivity index is 1.81. The van der Waals surface area contributed by atoms with E-state index >= 15 is 0 Å². The number of phenolic OH excluding ortho intramolecular Hbond substituents is 2. The molecule has 0 heterocycles. The normalized spacial score (nSPS) is 15.1. The van der Waals surface area contributed by atoms with E-state index in [1.54, 1.807) is 0 Å². The molecule has 0 radical (unpaired) electrons. The molecular formula is C34H36O2. The minimum absolute atomic E-state index is 0.209. The first-order valence-corrected chi connectivity index (χ1v) is 13.1. The molecule has 0 amide bonds. The maximum Gasteiger partial charge on any atom is 0.116 e. The van der Waals surface area contributed by atoms with Crippen LogP contribution in [0.3, 0.4) is 0 Å². The molecule has 0 unspecified atom stereocenters. The quantitative estimate of drug-likeness (QED) is 0.309. The van der Waals surface area contributed by atoms with Gasteiger partial charge >= 0.3 is 0 Å². The number of aryl methyl sites for hydroxylation is 4. The van der Waals surface area contributed by atoms with E-state index in [0.29, 0.717) is 11.5 Å². The van der Waals surface area contributed by atoms with Crippen LogP contribution in [0.1, 0.15) is 65.5 Å². The molecule has 0 spiro atoms. The van der Waals surface area contributed by atoms with Gasteiger partial charge in [0, 0.05) is 5.41 Å². The monoisotopic (exact) mass is 476 g/mol. The highest BCUT2D eigenvalue weighted by atomic mass is 16.3. The van der Waals surface area contributed by atoms with Crippen molar-refractivity contribution in [2.45, 2.75) is 65.2 Å². The topological polar surface area (TPSA) is 40.5 Å². The van der Waals surface area contributed by atoms with Crippen LogP contribution in [0.25, 0.3) is 22.3 Å². The summed E-state index contributed by atoms with van der Waals surface area (Å²) in [6.07, 6.45) is 5.62. The van der Waals surface area contributed by atoms with E-state index in [1.165, 1.54) is 39.8 Å². The predicted molar refractivity (Wildman–Crippen MR) is 150 cm³/mol.